The van der Waals surface area contributed by atoms with E-state index in [1.165, 1.54) is 42.8 Å². The standard InChI is InChI=1S/C20H15F2IN4O5S/c21-20(22)32-15-4-2-1-3-12(15)13(19-24-7-8-31-19)10-25-18(28)17-26-14-6-5-11(23)9-16(14)33(29,30)27-17/h1-9,13,20H,10H2,(H,25,28)(H,26,27). The third-order valence-corrected chi connectivity index (χ3v) is 6.62. The van der Waals surface area contributed by atoms with Gasteiger partial charge in [-0.05, 0) is 46.9 Å². The van der Waals surface area contributed by atoms with Gasteiger partial charge in [-0.2, -0.15) is 17.2 Å². The average molecular weight is 588 g/mol. The minimum atomic E-state index is -4.09. The second kappa shape index (κ2) is 9.43. The normalized spacial score (nSPS) is 15.2. The number of alkyl halides is 2. The number of anilines is 1. The Bertz CT molecular complexity index is 1320. The number of para-hydroxylation sites is 1. The van der Waals surface area contributed by atoms with Gasteiger partial charge in [0.15, 0.2) is 0 Å². The first-order chi connectivity index (χ1) is 15.7. The number of hydrogen-bond donors (Lipinski definition) is 2. The largest absolute Gasteiger partial charge is 0.448 e. The number of nitrogens with one attached hydrogen (secondary N) is 2. The number of oxazole rings is 1. The topological polar surface area (TPSA) is 123 Å². The minimum absolute atomic E-state index is 0.0401. The van der Waals surface area contributed by atoms with Crippen LogP contribution in [0.1, 0.15) is 17.4 Å². The summed E-state index contributed by atoms with van der Waals surface area (Å²) in [5.41, 5.74) is 0.516. The van der Waals surface area contributed by atoms with Gasteiger partial charge in [-0.3, -0.25) is 4.79 Å². The van der Waals surface area contributed by atoms with Crippen molar-refractivity contribution < 1.29 is 31.1 Å². The molecule has 1 aliphatic rings. The second-order valence-corrected chi connectivity index (χ2v) is 9.55. The lowest BCUT2D eigenvalue weighted by molar-refractivity contribution is -0.114. The molecule has 3 aromatic rings. The molecule has 0 aliphatic carbocycles. The molecule has 1 atom stereocenters. The van der Waals surface area contributed by atoms with Crippen molar-refractivity contribution in [2.45, 2.75) is 17.4 Å². The van der Waals surface area contributed by atoms with E-state index < -0.39 is 34.3 Å². The highest BCUT2D eigenvalue weighted by Crippen LogP contribution is 2.32. The zero-order chi connectivity index (χ0) is 23.6. The quantitative estimate of drug-likeness (QED) is 0.406. The monoisotopic (exact) mass is 588 g/mol. The highest BCUT2D eigenvalue weighted by Gasteiger charge is 2.30. The number of aromatic nitrogens is 1. The Morgan fingerprint density at radius 1 is 1.24 bits per heavy atom. The Morgan fingerprint density at radius 3 is 2.76 bits per heavy atom. The number of fused-ring (bicyclic) bond motifs is 1. The first-order valence-corrected chi connectivity index (χ1v) is 11.9. The fourth-order valence-electron chi connectivity index (χ4n) is 3.22. The van der Waals surface area contributed by atoms with Crippen molar-refractivity contribution in [2.75, 3.05) is 11.9 Å². The van der Waals surface area contributed by atoms with Gasteiger partial charge in [0.2, 0.25) is 11.7 Å². The van der Waals surface area contributed by atoms with Gasteiger partial charge >= 0.3 is 6.61 Å². The number of halogens is 3. The molecule has 0 saturated carbocycles. The molecular formula is C20H15F2IN4O5S. The molecule has 0 radical (unpaired) electrons. The Balaban J connectivity index is 1.58. The molecule has 13 heteroatoms. The van der Waals surface area contributed by atoms with Gasteiger partial charge < -0.3 is 19.8 Å². The van der Waals surface area contributed by atoms with E-state index in [0.717, 1.165) is 0 Å². The van der Waals surface area contributed by atoms with Crippen LogP contribution in [0.2, 0.25) is 0 Å². The summed E-state index contributed by atoms with van der Waals surface area (Å²) >= 11 is 1.97. The third kappa shape index (κ3) is 5.13. The molecule has 0 saturated heterocycles. The number of hydrogen-bond acceptors (Lipinski definition) is 7. The summed E-state index contributed by atoms with van der Waals surface area (Å²) in [6, 6.07) is 10.7. The number of ether oxygens (including phenoxy) is 1. The van der Waals surface area contributed by atoms with Crippen LogP contribution in [-0.4, -0.2) is 38.3 Å². The van der Waals surface area contributed by atoms with E-state index in [-0.39, 0.29) is 28.8 Å². The Morgan fingerprint density at radius 2 is 2.03 bits per heavy atom. The van der Waals surface area contributed by atoms with Crippen molar-refractivity contribution in [3.8, 4) is 5.75 Å². The smallest absolute Gasteiger partial charge is 0.387 e. The fraction of sp³-hybridized carbons (Fsp3) is 0.150. The molecule has 4 rings (SSSR count). The van der Waals surface area contributed by atoms with Crippen LogP contribution in [0.25, 0.3) is 0 Å². The second-order valence-electron chi connectivity index (χ2n) is 6.73. The predicted molar refractivity (Wildman–Crippen MR) is 122 cm³/mol. The number of rotatable bonds is 7. The fourth-order valence-corrected chi connectivity index (χ4v) is 5.06. The minimum Gasteiger partial charge on any atom is -0.448 e. The molecule has 0 bridgehead atoms. The van der Waals surface area contributed by atoms with Crippen molar-refractivity contribution in [1.82, 2.24) is 10.3 Å². The lowest BCUT2D eigenvalue weighted by atomic mass is 9.97. The van der Waals surface area contributed by atoms with Crippen LogP contribution in [0.5, 0.6) is 5.75 Å². The summed E-state index contributed by atoms with van der Waals surface area (Å²) in [5.74, 6) is -2.00. The van der Waals surface area contributed by atoms with Crippen LogP contribution < -0.4 is 15.4 Å². The van der Waals surface area contributed by atoms with E-state index in [4.69, 9.17) is 4.42 Å². The molecule has 1 amide bonds. The summed E-state index contributed by atoms with van der Waals surface area (Å²) < 4.78 is 64.9. The number of amidine groups is 1. The number of benzene rings is 2. The molecule has 9 nitrogen and oxygen atoms in total. The summed E-state index contributed by atoms with van der Waals surface area (Å²) in [7, 11) is -4.09. The molecule has 1 aliphatic heterocycles. The maximum atomic E-state index is 12.9. The van der Waals surface area contributed by atoms with Gasteiger partial charge in [0.25, 0.3) is 15.9 Å². The summed E-state index contributed by atoms with van der Waals surface area (Å²) in [6.07, 6.45) is 2.68. The lowest BCUT2D eigenvalue weighted by Crippen LogP contribution is -2.40. The zero-order valence-corrected chi connectivity index (χ0v) is 19.5. The maximum absolute atomic E-state index is 12.9. The van der Waals surface area contributed by atoms with Gasteiger partial charge in [-0.15, -0.1) is 4.40 Å². The van der Waals surface area contributed by atoms with Gasteiger partial charge in [-0.1, -0.05) is 18.2 Å². The van der Waals surface area contributed by atoms with Gasteiger partial charge in [0.1, 0.15) is 16.9 Å². The SMILES string of the molecule is O=C(NCC(c1ncco1)c1ccccc1OC(F)F)C1=NS(=O)(=O)c2cc(I)ccc2N1. The van der Waals surface area contributed by atoms with Crippen molar-refractivity contribution >= 4 is 50.0 Å². The van der Waals surface area contributed by atoms with Crippen molar-refractivity contribution in [1.29, 1.82) is 0 Å². The highest BCUT2D eigenvalue weighted by molar-refractivity contribution is 14.1. The number of carbonyl (C=O) groups excluding carboxylic acids is 1. The first-order valence-electron chi connectivity index (χ1n) is 9.37. The van der Waals surface area contributed by atoms with Crippen molar-refractivity contribution in [2.24, 2.45) is 4.40 Å². The van der Waals surface area contributed by atoms with Gasteiger partial charge in [0.05, 0.1) is 17.8 Å². The highest BCUT2D eigenvalue weighted by atomic mass is 127. The maximum Gasteiger partial charge on any atom is 0.387 e. The summed E-state index contributed by atoms with van der Waals surface area (Å²) in [5, 5.41) is 5.27. The molecule has 2 heterocycles. The van der Waals surface area contributed by atoms with E-state index in [9.17, 15) is 22.0 Å². The number of sulfonamides is 1. The molecule has 1 unspecified atom stereocenters. The van der Waals surface area contributed by atoms with Crippen LogP contribution in [0.4, 0.5) is 14.5 Å². The van der Waals surface area contributed by atoms with Crippen molar-refractivity contribution in [3.63, 3.8) is 0 Å². The van der Waals surface area contributed by atoms with Crippen LogP contribution in [0.3, 0.4) is 0 Å². The molecule has 0 fully saturated rings. The Hall–Kier alpha value is -3.07. The van der Waals surface area contributed by atoms with Crippen LogP contribution >= 0.6 is 22.6 Å². The van der Waals surface area contributed by atoms with Crippen LogP contribution in [-0.2, 0) is 14.8 Å². The van der Waals surface area contributed by atoms with Crippen molar-refractivity contribution in [3.05, 3.63) is 69.9 Å². The van der Waals surface area contributed by atoms with Gasteiger partial charge in [0, 0.05) is 15.7 Å². The third-order valence-electron chi connectivity index (χ3n) is 4.63. The van der Waals surface area contributed by atoms with Crippen LogP contribution in [0, 0.1) is 3.57 Å². The van der Waals surface area contributed by atoms with E-state index in [1.54, 1.807) is 12.1 Å². The molecule has 2 N–H and O–H groups in total. The molecule has 33 heavy (non-hydrogen) atoms. The van der Waals surface area contributed by atoms with Crippen LogP contribution in [0.15, 0.2) is 68.6 Å². The molecule has 0 spiro atoms. The zero-order valence-electron chi connectivity index (χ0n) is 16.5. The van der Waals surface area contributed by atoms with E-state index in [2.05, 4.69) is 24.8 Å². The number of nitrogens with zero attached hydrogens (tertiary/aromatic N) is 2. The molecule has 1 aromatic heterocycles. The summed E-state index contributed by atoms with van der Waals surface area (Å²) in [4.78, 5) is 16.8. The Labute approximate surface area is 200 Å². The van der Waals surface area contributed by atoms with E-state index in [1.807, 2.05) is 22.6 Å². The molecular weight excluding hydrogens is 573 g/mol. The number of amides is 1. The summed E-state index contributed by atoms with van der Waals surface area (Å²) in [6.45, 7) is -3.22. The Kier molecular flexibility index (Phi) is 6.60. The average Bonchev–Trinajstić information content (AvgIpc) is 3.29. The number of carbonyl (C=O) groups is 1. The molecule has 2 aromatic carbocycles. The lowest BCUT2D eigenvalue weighted by Gasteiger charge is -2.20. The first kappa shape index (κ1) is 23.1. The predicted octanol–water partition coefficient (Wildman–Crippen LogP) is 3.34. The van der Waals surface area contributed by atoms with E-state index in [0.29, 0.717) is 9.13 Å². The molecule has 172 valence electrons. The van der Waals surface area contributed by atoms with Gasteiger partial charge in [-0.25, -0.2) is 4.98 Å². The van der Waals surface area contributed by atoms with E-state index >= 15 is 0 Å².